The van der Waals surface area contributed by atoms with E-state index in [1.54, 1.807) is 13.0 Å². The summed E-state index contributed by atoms with van der Waals surface area (Å²) < 4.78 is 19.1. The normalized spacial score (nSPS) is 17.1. The first-order chi connectivity index (χ1) is 21.9. The second-order valence-corrected chi connectivity index (χ2v) is 11.8. The molecule has 4 heterocycles. The van der Waals surface area contributed by atoms with Gasteiger partial charge in [-0.25, -0.2) is 9.78 Å². The quantitative estimate of drug-likeness (QED) is 0.330. The Labute approximate surface area is 263 Å². The monoisotopic (exact) mass is 612 g/mol. The predicted molar refractivity (Wildman–Crippen MR) is 168 cm³/mol. The molecule has 10 nitrogen and oxygen atoms in total. The average Bonchev–Trinajstić information content (AvgIpc) is 3.49. The van der Waals surface area contributed by atoms with Gasteiger partial charge in [0.05, 0.1) is 18.5 Å². The van der Waals surface area contributed by atoms with Crippen LogP contribution in [-0.2, 0) is 33.8 Å². The molecule has 45 heavy (non-hydrogen) atoms. The Morgan fingerprint density at radius 1 is 1.09 bits per heavy atom. The number of allylic oxidation sites excluding steroid dienone is 3. The number of carboxylic acid groups (broad SMARTS) is 1. The number of ether oxygens (including phenoxy) is 3. The van der Waals surface area contributed by atoms with Gasteiger partial charge in [0, 0.05) is 37.8 Å². The summed E-state index contributed by atoms with van der Waals surface area (Å²) in [4.78, 5) is 31.7. The Kier molecular flexibility index (Phi) is 9.02. The van der Waals surface area contributed by atoms with Crippen LogP contribution in [0.15, 0.2) is 53.9 Å². The van der Waals surface area contributed by atoms with Crippen LogP contribution in [0.3, 0.4) is 0 Å². The number of carbonyl (C=O) groups excluding carboxylic acids is 1. The van der Waals surface area contributed by atoms with Gasteiger partial charge in [-0.05, 0) is 92.8 Å². The highest BCUT2D eigenvalue weighted by molar-refractivity contribution is 5.90. The van der Waals surface area contributed by atoms with Crippen molar-refractivity contribution in [3.05, 3.63) is 87.4 Å². The van der Waals surface area contributed by atoms with Gasteiger partial charge in [0.2, 0.25) is 11.8 Å². The van der Waals surface area contributed by atoms with E-state index in [0.717, 1.165) is 61.1 Å². The fourth-order valence-corrected chi connectivity index (χ4v) is 6.49. The van der Waals surface area contributed by atoms with E-state index >= 15 is 0 Å². The van der Waals surface area contributed by atoms with Gasteiger partial charge < -0.3 is 24.2 Å². The van der Waals surface area contributed by atoms with Gasteiger partial charge in [0.25, 0.3) is 0 Å². The molecule has 0 spiro atoms. The molecule has 6 rings (SSSR count). The lowest BCUT2D eigenvalue weighted by Gasteiger charge is -2.34. The fraction of sp³-hybridized carbons (Fsp3) is 0.429. The summed E-state index contributed by atoms with van der Waals surface area (Å²) >= 11 is 0. The molecule has 0 atom stereocenters. The molecule has 0 bridgehead atoms. The number of hydrogen-bond acceptors (Lipinski definition) is 7. The summed E-state index contributed by atoms with van der Waals surface area (Å²) in [6.07, 6.45) is 7.66. The van der Waals surface area contributed by atoms with E-state index in [4.69, 9.17) is 19.2 Å². The second-order valence-electron chi connectivity index (χ2n) is 11.8. The molecule has 1 N–H and O–H groups in total. The number of fused-ring (bicyclic) bond motifs is 1. The van der Waals surface area contributed by atoms with Crippen molar-refractivity contribution in [1.82, 2.24) is 19.7 Å². The summed E-state index contributed by atoms with van der Waals surface area (Å²) in [5.41, 5.74) is 7.64. The molecule has 0 saturated carbocycles. The Bertz CT molecular complexity index is 1670. The van der Waals surface area contributed by atoms with Crippen LogP contribution in [0.5, 0.6) is 5.88 Å². The summed E-state index contributed by atoms with van der Waals surface area (Å²) in [6, 6.07) is 9.86. The summed E-state index contributed by atoms with van der Waals surface area (Å²) in [6.45, 7) is 9.50. The van der Waals surface area contributed by atoms with Crippen LogP contribution in [0.4, 0.5) is 0 Å². The minimum Gasteiger partial charge on any atom is -0.488 e. The minimum absolute atomic E-state index is 0.0141. The molecule has 2 aromatic heterocycles. The Balaban J connectivity index is 1.19. The Hall–Kier alpha value is -4.44. The maximum absolute atomic E-state index is 13.1. The largest absolute Gasteiger partial charge is 0.488 e. The van der Waals surface area contributed by atoms with Crippen LogP contribution in [0.2, 0.25) is 0 Å². The average molecular weight is 613 g/mol. The molecule has 10 heteroatoms. The molecule has 236 valence electrons. The molecule has 3 aromatic rings. The summed E-state index contributed by atoms with van der Waals surface area (Å²) in [5.74, 6) is 0.647. The Morgan fingerprint density at radius 2 is 1.91 bits per heavy atom. The summed E-state index contributed by atoms with van der Waals surface area (Å²) in [7, 11) is 0. The molecule has 0 radical (unpaired) electrons. The van der Waals surface area contributed by atoms with Crippen LogP contribution in [0, 0.1) is 12.8 Å². The standard InChI is InChI=1S/C35H40N4O6/c1-4-44-34-29(35(41)42)19-36-39(34)31-10-6-9-30(37-31)28-8-5-7-22(2)32(28)45-21-26-12-11-25-20-38(16-13-27(25)23(26)3)33(40)24-14-17-43-18-15-24/h6,8-12,19,24H,4-5,7,13-18,20-21H2,1-3H3,(H,41,42). The Morgan fingerprint density at radius 3 is 2.69 bits per heavy atom. The first-order valence-corrected chi connectivity index (χ1v) is 15.8. The third kappa shape index (κ3) is 6.24. The van der Waals surface area contributed by atoms with Crippen LogP contribution >= 0.6 is 0 Å². The highest BCUT2D eigenvalue weighted by atomic mass is 16.5. The maximum atomic E-state index is 13.1. The lowest BCUT2D eigenvalue weighted by Crippen LogP contribution is -2.41. The first kappa shape index (κ1) is 30.6. The predicted octanol–water partition coefficient (Wildman–Crippen LogP) is 5.65. The van der Waals surface area contributed by atoms with Crippen molar-refractivity contribution in [3.63, 3.8) is 0 Å². The zero-order chi connectivity index (χ0) is 31.5. The number of nitrogens with zero attached hydrogens (tertiary/aromatic N) is 4. The van der Waals surface area contributed by atoms with Gasteiger partial charge in [-0.3, -0.25) is 4.79 Å². The van der Waals surface area contributed by atoms with E-state index in [-0.39, 0.29) is 23.3 Å². The smallest absolute Gasteiger partial charge is 0.342 e. The van der Waals surface area contributed by atoms with Crippen LogP contribution in [-0.4, -0.2) is 63.0 Å². The third-order valence-corrected chi connectivity index (χ3v) is 9.02. The van der Waals surface area contributed by atoms with Crippen molar-refractivity contribution in [2.75, 3.05) is 26.4 Å². The van der Waals surface area contributed by atoms with Crippen molar-refractivity contribution < 1.29 is 28.9 Å². The van der Waals surface area contributed by atoms with E-state index < -0.39 is 5.97 Å². The fourth-order valence-electron chi connectivity index (χ4n) is 6.49. The molecule has 1 amide bonds. The van der Waals surface area contributed by atoms with Crippen molar-refractivity contribution in [2.24, 2.45) is 5.92 Å². The molecular weight excluding hydrogens is 572 g/mol. The molecule has 3 aliphatic rings. The number of carboxylic acids is 1. The van der Waals surface area contributed by atoms with E-state index in [2.05, 4.69) is 37.2 Å². The van der Waals surface area contributed by atoms with Crippen molar-refractivity contribution in [2.45, 2.75) is 66.0 Å². The first-order valence-electron chi connectivity index (χ1n) is 15.8. The van der Waals surface area contributed by atoms with E-state index in [9.17, 15) is 14.7 Å². The number of amides is 1. The summed E-state index contributed by atoms with van der Waals surface area (Å²) in [5, 5.41) is 13.9. The lowest BCUT2D eigenvalue weighted by atomic mass is 9.90. The van der Waals surface area contributed by atoms with Gasteiger partial charge in [-0.2, -0.15) is 9.78 Å². The highest BCUT2D eigenvalue weighted by Gasteiger charge is 2.30. The third-order valence-electron chi connectivity index (χ3n) is 9.02. The number of hydrogen-bond donors (Lipinski definition) is 1. The molecule has 1 saturated heterocycles. The van der Waals surface area contributed by atoms with Crippen molar-refractivity contribution in [3.8, 4) is 11.7 Å². The SMILES string of the molecule is CCOc1c(C(=O)O)cnn1-c1cccc(C2=CCCC(C)=C2OCc2ccc3c(c2C)CCN(C(=O)C2CCOCC2)C3)n1. The number of aromatic nitrogens is 3. The lowest BCUT2D eigenvalue weighted by molar-refractivity contribution is -0.139. The number of carbonyl (C=O) groups is 2. The molecule has 1 aromatic carbocycles. The van der Waals surface area contributed by atoms with Crippen LogP contribution in [0.1, 0.15) is 77.8 Å². The van der Waals surface area contributed by atoms with Crippen LogP contribution in [0.25, 0.3) is 11.4 Å². The molecule has 0 unspecified atom stereocenters. The van der Waals surface area contributed by atoms with E-state index in [1.165, 1.54) is 27.6 Å². The van der Waals surface area contributed by atoms with Gasteiger partial charge in [0.1, 0.15) is 17.9 Å². The van der Waals surface area contributed by atoms with Crippen LogP contribution < -0.4 is 4.74 Å². The topological polar surface area (TPSA) is 116 Å². The minimum atomic E-state index is -1.11. The van der Waals surface area contributed by atoms with Gasteiger partial charge in [0.15, 0.2) is 5.82 Å². The molecular formula is C35H40N4O6. The number of pyridine rings is 1. The second kappa shape index (κ2) is 13.3. The zero-order valence-electron chi connectivity index (χ0n) is 26.2. The van der Waals surface area contributed by atoms with Crippen molar-refractivity contribution in [1.29, 1.82) is 0 Å². The number of rotatable bonds is 9. The number of benzene rings is 1. The van der Waals surface area contributed by atoms with Crippen molar-refractivity contribution >= 4 is 17.4 Å². The molecule has 2 aliphatic heterocycles. The van der Waals surface area contributed by atoms with Gasteiger partial charge in [-0.15, -0.1) is 0 Å². The van der Waals surface area contributed by atoms with E-state index in [0.29, 0.717) is 44.5 Å². The zero-order valence-corrected chi connectivity index (χ0v) is 26.2. The van der Waals surface area contributed by atoms with Gasteiger partial charge in [-0.1, -0.05) is 24.3 Å². The van der Waals surface area contributed by atoms with Gasteiger partial charge >= 0.3 is 5.97 Å². The molecule has 1 fully saturated rings. The molecule has 1 aliphatic carbocycles. The number of aromatic carboxylic acids is 1. The highest BCUT2D eigenvalue weighted by Crippen LogP contribution is 2.35. The maximum Gasteiger partial charge on any atom is 0.342 e. The van der Waals surface area contributed by atoms with E-state index in [1.807, 2.05) is 17.0 Å².